The van der Waals surface area contributed by atoms with E-state index in [-0.39, 0.29) is 0 Å². The monoisotopic (exact) mass is 262 g/mol. The number of nitrogens with two attached hydrogens (primary N) is 1. The van der Waals surface area contributed by atoms with Crippen LogP contribution in [0.15, 0.2) is 0 Å². The van der Waals surface area contributed by atoms with Gasteiger partial charge >= 0.3 is 0 Å². The van der Waals surface area contributed by atoms with Gasteiger partial charge in [0.15, 0.2) is 0 Å². The molecule has 5 unspecified atom stereocenters. The molecule has 0 aromatic rings. The van der Waals surface area contributed by atoms with Crippen molar-refractivity contribution in [2.45, 2.75) is 62.3 Å². The van der Waals surface area contributed by atoms with E-state index in [4.69, 9.17) is 5.84 Å². The molecule has 0 amide bonds. The van der Waals surface area contributed by atoms with Crippen molar-refractivity contribution in [3.05, 3.63) is 0 Å². The molecular formula is C12H26N2S2. The zero-order valence-electron chi connectivity index (χ0n) is 10.9. The molecule has 0 bridgehead atoms. The van der Waals surface area contributed by atoms with Crippen LogP contribution in [0.25, 0.3) is 0 Å². The smallest absolute Gasteiger partial charge is 0.0340 e. The molecule has 0 saturated carbocycles. The maximum atomic E-state index is 5.71. The van der Waals surface area contributed by atoms with E-state index < -0.39 is 0 Å². The molecule has 3 N–H and O–H groups in total. The van der Waals surface area contributed by atoms with E-state index in [1.54, 1.807) is 0 Å². The van der Waals surface area contributed by atoms with Crippen LogP contribution in [0.2, 0.25) is 0 Å². The molecule has 96 valence electrons. The molecule has 0 aliphatic carbocycles. The number of nitrogens with one attached hydrogen (secondary N) is 1. The van der Waals surface area contributed by atoms with Gasteiger partial charge in [-0.05, 0) is 12.3 Å². The zero-order chi connectivity index (χ0) is 12.1. The van der Waals surface area contributed by atoms with Crippen molar-refractivity contribution in [2.75, 3.05) is 5.75 Å². The van der Waals surface area contributed by atoms with E-state index in [1.165, 1.54) is 18.6 Å². The molecule has 5 atom stereocenters. The third-order valence-electron chi connectivity index (χ3n) is 3.59. The second kappa shape index (κ2) is 7.14. The third-order valence-corrected chi connectivity index (χ3v) is 7.14. The fourth-order valence-electron chi connectivity index (χ4n) is 1.95. The Kier molecular flexibility index (Phi) is 6.55. The average Bonchev–Trinajstić information content (AvgIpc) is 2.29. The van der Waals surface area contributed by atoms with Crippen LogP contribution in [0.1, 0.15) is 40.5 Å². The van der Waals surface area contributed by atoms with E-state index in [0.29, 0.717) is 11.3 Å². The van der Waals surface area contributed by atoms with Crippen molar-refractivity contribution in [2.24, 2.45) is 11.8 Å². The summed E-state index contributed by atoms with van der Waals surface area (Å²) in [4.78, 5) is 0. The van der Waals surface area contributed by atoms with Crippen LogP contribution in [0.5, 0.6) is 0 Å². The molecule has 1 rings (SSSR count). The van der Waals surface area contributed by atoms with Gasteiger partial charge in [0.2, 0.25) is 0 Å². The third kappa shape index (κ3) is 4.13. The quantitative estimate of drug-likeness (QED) is 0.590. The van der Waals surface area contributed by atoms with Gasteiger partial charge in [-0.2, -0.15) is 23.5 Å². The molecule has 4 heteroatoms. The Morgan fingerprint density at radius 1 is 1.38 bits per heavy atom. The van der Waals surface area contributed by atoms with Gasteiger partial charge < -0.3 is 0 Å². The van der Waals surface area contributed by atoms with Gasteiger partial charge in [0.05, 0.1) is 0 Å². The standard InChI is InChI=1S/C12H26N2S2/c1-5-8(2)6-11(14-13)12-7-15-9(3)10(4)16-12/h8-12,14H,5-7,13H2,1-4H3. The van der Waals surface area contributed by atoms with Crippen LogP contribution in [-0.4, -0.2) is 27.5 Å². The summed E-state index contributed by atoms with van der Waals surface area (Å²) >= 11 is 4.21. The van der Waals surface area contributed by atoms with E-state index in [1.807, 2.05) is 0 Å². The largest absolute Gasteiger partial charge is 0.271 e. The summed E-state index contributed by atoms with van der Waals surface area (Å²) in [7, 11) is 0. The second-order valence-electron chi connectivity index (χ2n) is 4.94. The van der Waals surface area contributed by atoms with Crippen LogP contribution in [0, 0.1) is 5.92 Å². The molecule has 16 heavy (non-hydrogen) atoms. The van der Waals surface area contributed by atoms with Crippen molar-refractivity contribution in [3.63, 3.8) is 0 Å². The Balaban J connectivity index is 2.47. The van der Waals surface area contributed by atoms with Crippen molar-refractivity contribution in [3.8, 4) is 0 Å². The van der Waals surface area contributed by atoms with Crippen molar-refractivity contribution >= 4 is 23.5 Å². The van der Waals surface area contributed by atoms with E-state index in [0.717, 1.165) is 16.4 Å². The minimum Gasteiger partial charge on any atom is -0.271 e. The van der Waals surface area contributed by atoms with Crippen LogP contribution in [0.4, 0.5) is 0 Å². The highest BCUT2D eigenvalue weighted by Gasteiger charge is 2.31. The summed E-state index contributed by atoms with van der Waals surface area (Å²) < 4.78 is 0. The maximum absolute atomic E-state index is 5.71. The average molecular weight is 262 g/mol. The SMILES string of the molecule is CCC(C)CC(NN)C1CSC(C)C(C)S1. The highest BCUT2D eigenvalue weighted by Crippen LogP contribution is 2.38. The molecule has 0 radical (unpaired) electrons. The predicted molar refractivity (Wildman–Crippen MR) is 77.9 cm³/mol. The molecule has 0 aromatic heterocycles. The molecule has 1 saturated heterocycles. The number of thioether (sulfide) groups is 2. The predicted octanol–water partition coefficient (Wildman–Crippen LogP) is 2.88. The first-order valence-electron chi connectivity index (χ1n) is 6.31. The summed E-state index contributed by atoms with van der Waals surface area (Å²) in [6.45, 7) is 9.24. The molecular weight excluding hydrogens is 236 g/mol. The first-order valence-corrected chi connectivity index (χ1v) is 8.30. The number of rotatable bonds is 5. The molecule has 1 aliphatic rings. The van der Waals surface area contributed by atoms with Gasteiger partial charge in [0, 0.05) is 27.5 Å². The Hall–Kier alpha value is 0.620. The van der Waals surface area contributed by atoms with Crippen LogP contribution >= 0.6 is 23.5 Å². The molecule has 1 heterocycles. The lowest BCUT2D eigenvalue weighted by molar-refractivity contribution is 0.397. The summed E-state index contributed by atoms with van der Waals surface area (Å²) in [6.07, 6.45) is 2.45. The summed E-state index contributed by atoms with van der Waals surface area (Å²) in [5.41, 5.74) is 3.04. The lowest BCUT2D eigenvalue weighted by Gasteiger charge is -2.36. The van der Waals surface area contributed by atoms with Gasteiger partial charge in [0.1, 0.15) is 0 Å². The van der Waals surface area contributed by atoms with Crippen molar-refractivity contribution in [1.29, 1.82) is 0 Å². The highest BCUT2D eigenvalue weighted by molar-refractivity contribution is 8.07. The van der Waals surface area contributed by atoms with E-state index in [9.17, 15) is 0 Å². The number of hydrazine groups is 1. The topological polar surface area (TPSA) is 38.0 Å². The molecule has 1 aliphatic heterocycles. The Bertz CT molecular complexity index is 199. The zero-order valence-corrected chi connectivity index (χ0v) is 12.5. The van der Waals surface area contributed by atoms with Crippen molar-refractivity contribution in [1.82, 2.24) is 5.43 Å². The van der Waals surface area contributed by atoms with Gasteiger partial charge in [-0.15, -0.1) is 0 Å². The number of hydrogen-bond donors (Lipinski definition) is 2. The first kappa shape index (κ1) is 14.7. The second-order valence-corrected chi connectivity index (χ2v) is 7.97. The Morgan fingerprint density at radius 3 is 2.56 bits per heavy atom. The summed E-state index contributed by atoms with van der Waals surface area (Å²) in [6, 6.07) is 0.474. The molecule has 0 spiro atoms. The van der Waals surface area contributed by atoms with Gasteiger partial charge in [-0.3, -0.25) is 11.3 Å². The minimum absolute atomic E-state index is 0.474. The molecule has 2 nitrogen and oxygen atoms in total. The first-order chi connectivity index (χ1) is 7.58. The fraction of sp³-hybridized carbons (Fsp3) is 1.00. The van der Waals surface area contributed by atoms with Crippen molar-refractivity contribution < 1.29 is 0 Å². The minimum atomic E-state index is 0.474. The van der Waals surface area contributed by atoms with Gasteiger partial charge in [-0.25, -0.2) is 0 Å². The van der Waals surface area contributed by atoms with E-state index in [2.05, 4.69) is 56.6 Å². The number of hydrogen-bond acceptors (Lipinski definition) is 4. The summed E-state index contributed by atoms with van der Waals surface area (Å²) in [5.74, 6) is 7.72. The molecule has 0 aromatic carbocycles. The summed E-state index contributed by atoms with van der Waals surface area (Å²) in [5, 5.41) is 2.20. The van der Waals surface area contributed by atoms with Crippen LogP contribution in [-0.2, 0) is 0 Å². The lowest BCUT2D eigenvalue weighted by Crippen LogP contribution is -2.47. The maximum Gasteiger partial charge on any atom is 0.0340 e. The highest BCUT2D eigenvalue weighted by atomic mass is 32.2. The fourth-order valence-corrected chi connectivity index (χ4v) is 5.07. The van der Waals surface area contributed by atoms with Crippen LogP contribution < -0.4 is 11.3 Å². The van der Waals surface area contributed by atoms with Gasteiger partial charge in [0.25, 0.3) is 0 Å². The lowest BCUT2D eigenvalue weighted by atomic mass is 9.98. The molecule has 1 fully saturated rings. The van der Waals surface area contributed by atoms with Gasteiger partial charge in [-0.1, -0.05) is 34.1 Å². The van der Waals surface area contributed by atoms with Crippen LogP contribution in [0.3, 0.4) is 0 Å². The Labute approximate surface area is 109 Å². The van der Waals surface area contributed by atoms with E-state index >= 15 is 0 Å². The Morgan fingerprint density at radius 2 is 2.06 bits per heavy atom. The normalized spacial score (nSPS) is 34.7.